The van der Waals surface area contributed by atoms with Crippen LogP contribution < -0.4 is 5.73 Å². The third-order valence-corrected chi connectivity index (χ3v) is 9.50. The van der Waals surface area contributed by atoms with Crippen molar-refractivity contribution in [2.75, 3.05) is 26.2 Å². The van der Waals surface area contributed by atoms with Crippen LogP contribution in [0.1, 0.15) is 41.5 Å². The molecule has 0 aromatic carbocycles. The second kappa shape index (κ2) is 7.11. The summed E-state index contributed by atoms with van der Waals surface area (Å²) in [7, 11) is -1.78. The summed E-state index contributed by atoms with van der Waals surface area (Å²) in [5.74, 6) is 0.578. The van der Waals surface area contributed by atoms with Crippen molar-refractivity contribution in [3.63, 3.8) is 0 Å². The molecule has 0 aromatic rings. The number of carbonyl (C=O) groups is 1. The van der Waals surface area contributed by atoms with E-state index in [1.54, 1.807) is 4.90 Å². The monoisotopic (exact) mass is 344 g/mol. The number of carbonyl (C=O) groups excluding carboxylic acids is 1. The molecule has 0 spiro atoms. The highest BCUT2D eigenvalue weighted by Crippen LogP contribution is 2.37. The van der Waals surface area contributed by atoms with E-state index in [0.717, 1.165) is 0 Å². The van der Waals surface area contributed by atoms with Gasteiger partial charge in [0.25, 0.3) is 0 Å². The van der Waals surface area contributed by atoms with E-state index in [2.05, 4.69) is 33.9 Å². The smallest absolute Gasteiger partial charge is 0.410 e. The molecular formula is C17H36N2O3Si. The molecule has 0 radical (unpaired) electrons. The van der Waals surface area contributed by atoms with Crippen molar-refractivity contribution in [1.82, 2.24) is 4.90 Å². The van der Waals surface area contributed by atoms with Crippen LogP contribution in [-0.4, -0.2) is 51.2 Å². The SMILES string of the molecule is CC(C)(C)OC(=O)N1CC(CN)C(CO[Si](C)(C)C(C)(C)C)C1. The standard InChI is InChI=1S/C17H36N2O3Si/c1-16(2,3)22-15(20)19-10-13(9-18)14(11-19)12-21-23(7,8)17(4,5)6/h13-14H,9-12,18H2,1-8H3. The highest BCUT2D eigenvalue weighted by Gasteiger charge is 2.41. The van der Waals surface area contributed by atoms with Crippen LogP contribution in [0.25, 0.3) is 0 Å². The number of likely N-dealkylation sites (tertiary alicyclic amines) is 1. The van der Waals surface area contributed by atoms with E-state index in [4.69, 9.17) is 14.9 Å². The molecule has 1 aliphatic rings. The second-order valence-corrected chi connectivity index (χ2v) is 14.0. The van der Waals surface area contributed by atoms with Crippen molar-refractivity contribution in [1.29, 1.82) is 0 Å². The molecule has 23 heavy (non-hydrogen) atoms. The maximum Gasteiger partial charge on any atom is 0.410 e. The van der Waals surface area contributed by atoms with Crippen LogP contribution >= 0.6 is 0 Å². The molecule has 1 rings (SSSR count). The van der Waals surface area contributed by atoms with Crippen molar-refractivity contribution in [3.8, 4) is 0 Å². The predicted molar refractivity (Wildman–Crippen MR) is 97.0 cm³/mol. The molecule has 1 amide bonds. The van der Waals surface area contributed by atoms with Crippen LogP contribution in [0.2, 0.25) is 18.1 Å². The van der Waals surface area contributed by atoms with Gasteiger partial charge in [-0.25, -0.2) is 4.79 Å². The minimum atomic E-state index is -1.78. The summed E-state index contributed by atoms with van der Waals surface area (Å²) in [6, 6.07) is 0. The van der Waals surface area contributed by atoms with Gasteiger partial charge in [0.15, 0.2) is 8.32 Å². The Morgan fingerprint density at radius 3 is 2.09 bits per heavy atom. The minimum absolute atomic E-state index is 0.189. The van der Waals surface area contributed by atoms with E-state index in [-0.39, 0.29) is 17.0 Å². The molecule has 2 N–H and O–H groups in total. The summed E-state index contributed by atoms with van der Waals surface area (Å²) in [5.41, 5.74) is 5.45. The lowest BCUT2D eigenvalue weighted by Gasteiger charge is -2.37. The maximum absolute atomic E-state index is 12.3. The van der Waals surface area contributed by atoms with Gasteiger partial charge in [-0.1, -0.05) is 20.8 Å². The number of ether oxygens (including phenoxy) is 1. The van der Waals surface area contributed by atoms with Crippen LogP contribution in [0.4, 0.5) is 4.79 Å². The molecule has 6 heteroatoms. The van der Waals surface area contributed by atoms with Crippen LogP contribution in [0.5, 0.6) is 0 Å². The van der Waals surface area contributed by atoms with Crippen molar-refractivity contribution >= 4 is 14.4 Å². The number of amides is 1. The number of nitrogens with zero attached hydrogens (tertiary/aromatic N) is 1. The third-order valence-electron chi connectivity index (χ3n) is 5.00. The van der Waals surface area contributed by atoms with Crippen LogP contribution in [-0.2, 0) is 9.16 Å². The summed E-state index contributed by atoms with van der Waals surface area (Å²) in [6.07, 6.45) is -0.245. The quantitative estimate of drug-likeness (QED) is 0.793. The van der Waals surface area contributed by atoms with Crippen molar-refractivity contribution in [2.45, 2.75) is 65.3 Å². The van der Waals surface area contributed by atoms with E-state index >= 15 is 0 Å². The average molecular weight is 345 g/mol. The number of hydrogen-bond donors (Lipinski definition) is 1. The molecule has 0 bridgehead atoms. The lowest BCUT2D eigenvalue weighted by molar-refractivity contribution is 0.0281. The summed E-state index contributed by atoms with van der Waals surface area (Å²) in [6.45, 7) is 19.5. The Bertz CT molecular complexity index is 413. The zero-order valence-electron chi connectivity index (χ0n) is 16.2. The summed E-state index contributed by atoms with van der Waals surface area (Å²) in [5, 5.41) is 0.189. The Balaban J connectivity index is 2.65. The third kappa shape index (κ3) is 5.76. The van der Waals surface area contributed by atoms with Crippen LogP contribution in [0.3, 0.4) is 0 Å². The highest BCUT2D eigenvalue weighted by atomic mass is 28.4. The maximum atomic E-state index is 12.3. The van der Waals surface area contributed by atoms with Crippen molar-refractivity contribution in [3.05, 3.63) is 0 Å². The zero-order chi connectivity index (χ0) is 18.1. The summed E-state index contributed by atoms with van der Waals surface area (Å²) in [4.78, 5) is 14.0. The molecule has 1 aliphatic heterocycles. The molecule has 1 heterocycles. The highest BCUT2D eigenvalue weighted by molar-refractivity contribution is 6.74. The van der Waals surface area contributed by atoms with Gasteiger partial charge in [-0.3, -0.25) is 0 Å². The van der Waals surface area contributed by atoms with Gasteiger partial charge in [-0.15, -0.1) is 0 Å². The molecular weight excluding hydrogens is 308 g/mol. The Morgan fingerprint density at radius 2 is 1.65 bits per heavy atom. The topological polar surface area (TPSA) is 64.8 Å². The van der Waals surface area contributed by atoms with E-state index in [0.29, 0.717) is 32.2 Å². The first-order chi connectivity index (χ1) is 10.3. The first kappa shape index (κ1) is 20.5. The van der Waals surface area contributed by atoms with Gasteiger partial charge in [0.1, 0.15) is 5.60 Å². The molecule has 136 valence electrons. The van der Waals surface area contributed by atoms with E-state index in [9.17, 15) is 4.79 Å². The number of nitrogens with two attached hydrogens (primary N) is 1. The van der Waals surface area contributed by atoms with Gasteiger partial charge in [0, 0.05) is 25.6 Å². The van der Waals surface area contributed by atoms with Gasteiger partial charge in [0.2, 0.25) is 0 Å². The largest absolute Gasteiger partial charge is 0.444 e. The average Bonchev–Trinajstić information content (AvgIpc) is 2.76. The predicted octanol–water partition coefficient (Wildman–Crippen LogP) is 3.45. The molecule has 0 aromatic heterocycles. The van der Waals surface area contributed by atoms with Crippen molar-refractivity contribution < 1.29 is 14.0 Å². The fourth-order valence-corrected chi connectivity index (χ4v) is 3.47. The molecule has 1 fully saturated rings. The van der Waals surface area contributed by atoms with E-state index < -0.39 is 13.9 Å². The second-order valence-electron chi connectivity index (χ2n) is 9.21. The Hall–Kier alpha value is -0.593. The van der Waals surface area contributed by atoms with Gasteiger partial charge in [-0.05, 0) is 51.4 Å². The van der Waals surface area contributed by atoms with E-state index in [1.807, 2.05) is 20.8 Å². The normalized spacial score (nSPS) is 23.3. The van der Waals surface area contributed by atoms with Crippen LogP contribution in [0, 0.1) is 11.8 Å². The summed E-state index contributed by atoms with van der Waals surface area (Å²) < 4.78 is 11.8. The zero-order valence-corrected chi connectivity index (χ0v) is 17.2. The summed E-state index contributed by atoms with van der Waals surface area (Å²) >= 11 is 0. The first-order valence-electron chi connectivity index (χ1n) is 8.59. The minimum Gasteiger partial charge on any atom is -0.444 e. The van der Waals surface area contributed by atoms with Gasteiger partial charge in [0.05, 0.1) is 0 Å². The lowest BCUT2D eigenvalue weighted by atomic mass is 9.97. The van der Waals surface area contributed by atoms with Crippen molar-refractivity contribution in [2.24, 2.45) is 17.6 Å². The molecule has 5 nitrogen and oxygen atoms in total. The van der Waals surface area contributed by atoms with E-state index in [1.165, 1.54) is 0 Å². The fourth-order valence-electron chi connectivity index (χ4n) is 2.40. The number of rotatable bonds is 4. The van der Waals surface area contributed by atoms with Gasteiger partial charge >= 0.3 is 6.09 Å². The Kier molecular flexibility index (Phi) is 6.32. The Morgan fingerprint density at radius 1 is 1.13 bits per heavy atom. The fraction of sp³-hybridized carbons (Fsp3) is 0.941. The molecule has 2 atom stereocenters. The first-order valence-corrected chi connectivity index (χ1v) is 11.5. The molecule has 0 aliphatic carbocycles. The molecule has 2 unspecified atom stereocenters. The Labute approximate surface area is 143 Å². The lowest BCUT2D eigenvalue weighted by Crippen LogP contribution is -2.43. The molecule has 0 saturated carbocycles. The number of hydrogen-bond acceptors (Lipinski definition) is 4. The molecule has 1 saturated heterocycles. The van der Waals surface area contributed by atoms with Gasteiger partial charge < -0.3 is 19.8 Å². The van der Waals surface area contributed by atoms with Crippen LogP contribution in [0.15, 0.2) is 0 Å². The van der Waals surface area contributed by atoms with Gasteiger partial charge in [-0.2, -0.15) is 0 Å².